The second-order valence-corrected chi connectivity index (χ2v) is 11.7. The second kappa shape index (κ2) is 14.3. The fraction of sp³-hybridized carbons (Fsp3) is 0.382. The monoisotopic (exact) mass is 591 g/mol. The standard InChI is InChI=1S/C34H39Cl2N3O2/c1-2-27-8-6-11-29-30(34(40)37-23-26-12-13-31(35)32(36)22-26)24-39(33(27)29)18-7-17-38-19-14-25(15-20-38)16-21-41-28-9-4-3-5-10-28/h3-6,8-13,22,24-25H,2,7,14-21,23H2,1H3,(H,37,40). The molecule has 0 unspecified atom stereocenters. The van der Waals surface area contributed by atoms with E-state index in [2.05, 4.69) is 39.9 Å². The van der Waals surface area contributed by atoms with Gasteiger partial charge in [-0.15, -0.1) is 0 Å². The van der Waals surface area contributed by atoms with Gasteiger partial charge in [0.25, 0.3) is 5.91 Å². The average Bonchev–Trinajstić information content (AvgIpc) is 3.38. The van der Waals surface area contributed by atoms with Crippen molar-refractivity contribution in [2.45, 2.75) is 52.1 Å². The highest BCUT2D eigenvalue weighted by atomic mass is 35.5. The average molecular weight is 593 g/mol. The summed E-state index contributed by atoms with van der Waals surface area (Å²) in [5.41, 5.74) is 4.07. The summed E-state index contributed by atoms with van der Waals surface area (Å²) in [6, 6.07) is 21.8. The maximum atomic E-state index is 13.3. The number of nitrogens with zero attached hydrogens (tertiary/aromatic N) is 2. The maximum Gasteiger partial charge on any atom is 0.253 e. The first-order chi connectivity index (χ1) is 20.0. The number of hydrogen-bond acceptors (Lipinski definition) is 3. The number of para-hydroxylation sites is 2. The Balaban J connectivity index is 1.14. The number of aryl methyl sites for hydroxylation is 2. The Morgan fingerprint density at radius 3 is 2.54 bits per heavy atom. The van der Waals surface area contributed by atoms with Crippen molar-refractivity contribution in [3.63, 3.8) is 0 Å². The summed E-state index contributed by atoms with van der Waals surface area (Å²) in [6.45, 7) is 7.60. The van der Waals surface area contributed by atoms with Crippen LogP contribution in [0.1, 0.15) is 54.1 Å². The fourth-order valence-corrected chi connectivity index (χ4v) is 6.15. The van der Waals surface area contributed by atoms with Gasteiger partial charge in [0.15, 0.2) is 0 Å². The van der Waals surface area contributed by atoms with Crippen LogP contribution in [0.4, 0.5) is 0 Å². The van der Waals surface area contributed by atoms with Crippen LogP contribution in [0.2, 0.25) is 10.0 Å². The van der Waals surface area contributed by atoms with E-state index in [1.165, 1.54) is 23.9 Å². The van der Waals surface area contributed by atoms with Crippen molar-refractivity contribution in [1.29, 1.82) is 0 Å². The first-order valence-corrected chi connectivity index (χ1v) is 15.5. The van der Waals surface area contributed by atoms with E-state index in [0.29, 0.717) is 22.2 Å². The molecule has 4 aromatic rings. The van der Waals surface area contributed by atoms with Crippen molar-refractivity contribution >= 4 is 40.0 Å². The van der Waals surface area contributed by atoms with Gasteiger partial charge >= 0.3 is 0 Å². The Morgan fingerprint density at radius 2 is 1.78 bits per heavy atom. The summed E-state index contributed by atoms with van der Waals surface area (Å²) >= 11 is 12.2. The van der Waals surface area contributed by atoms with E-state index in [4.69, 9.17) is 27.9 Å². The second-order valence-electron chi connectivity index (χ2n) is 10.9. The van der Waals surface area contributed by atoms with E-state index in [-0.39, 0.29) is 5.91 Å². The first kappa shape index (κ1) is 29.5. The van der Waals surface area contributed by atoms with Crippen LogP contribution in [0.3, 0.4) is 0 Å². The first-order valence-electron chi connectivity index (χ1n) is 14.7. The van der Waals surface area contributed by atoms with E-state index in [0.717, 1.165) is 74.7 Å². The SMILES string of the molecule is CCc1cccc2c(C(=O)NCc3ccc(Cl)c(Cl)c3)cn(CCCN3CCC(CCOc4ccccc4)CC3)c12. The molecule has 7 heteroatoms. The molecule has 41 heavy (non-hydrogen) atoms. The summed E-state index contributed by atoms with van der Waals surface area (Å²) in [5, 5.41) is 5.08. The van der Waals surface area contributed by atoms with Crippen LogP contribution in [-0.2, 0) is 19.5 Å². The number of fused-ring (bicyclic) bond motifs is 1. The number of carbonyl (C=O) groups is 1. The van der Waals surface area contributed by atoms with Crippen LogP contribution in [0, 0.1) is 5.92 Å². The minimum absolute atomic E-state index is 0.0774. The van der Waals surface area contributed by atoms with E-state index >= 15 is 0 Å². The van der Waals surface area contributed by atoms with Gasteiger partial charge < -0.3 is 19.5 Å². The summed E-state index contributed by atoms with van der Waals surface area (Å²) in [6.07, 6.45) is 7.59. The van der Waals surface area contributed by atoms with E-state index in [1.807, 2.05) is 42.6 Å². The van der Waals surface area contributed by atoms with Crippen LogP contribution in [0.5, 0.6) is 5.75 Å². The molecule has 5 nitrogen and oxygen atoms in total. The quantitative estimate of drug-likeness (QED) is 0.181. The van der Waals surface area contributed by atoms with Crippen LogP contribution >= 0.6 is 23.2 Å². The topological polar surface area (TPSA) is 46.5 Å². The minimum Gasteiger partial charge on any atom is -0.494 e. The number of carbonyl (C=O) groups excluding carboxylic acids is 1. The lowest BCUT2D eigenvalue weighted by Gasteiger charge is -2.32. The molecule has 1 amide bonds. The van der Waals surface area contributed by atoms with Crippen LogP contribution < -0.4 is 10.1 Å². The number of hydrogen-bond donors (Lipinski definition) is 1. The molecular weight excluding hydrogens is 553 g/mol. The molecule has 1 N–H and O–H groups in total. The Bertz CT molecular complexity index is 1450. The highest BCUT2D eigenvalue weighted by Crippen LogP contribution is 2.27. The lowest BCUT2D eigenvalue weighted by Crippen LogP contribution is -2.35. The van der Waals surface area contributed by atoms with Crippen molar-refractivity contribution in [3.8, 4) is 5.75 Å². The third kappa shape index (κ3) is 7.65. The van der Waals surface area contributed by atoms with Gasteiger partial charge in [-0.2, -0.15) is 0 Å². The number of rotatable bonds is 12. The highest BCUT2D eigenvalue weighted by Gasteiger charge is 2.20. The van der Waals surface area contributed by atoms with Crippen molar-refractivity contribution < 1.29 is 9.53 Å². The molecule has 1 aliphatic rings. The Labute approximate surface area is 253 Å². The highest BCUT2D eigenvalue weighted by molar-refractivity contribution is 6.42. The summed E-state index contributed by atoms with van der Waals surface area (Å²) in [5.74, 6) is 1.62. The van der Waals surface area contributed by atoms with Crippen molar-refractivity contribution in [2.75, 3.05) is 26.2 Å². The molecule has 0 aliphatic carbocycles. The number of piperidine rings is 1. The smallest absolute Gasteiger partial charge is 0.253 e. The van der Waals surface area contributed by atoms with Crippen LogP contribution in [0.15, 0.2) is 72.9 Å². The maximum absolute atomic E-state index is 13.3. The summed E-state index contributed by atoms with van der Waals surface area (Å²) in [7, 11) is 0. The van der Waals surface area contributed by atoms with E-state index in [9.17, 15) is 4.79 Å². The summed E-state index contributed by atoms with van der Waals surface area (Å²) in [4.78, 5) is 15.9. The van der Waals surface area contributed by atoms with Crippen molar-refractivity contribution in [1.82, 2.24) is 14.8 Å². The fourth-order valence-electron chi connectivity index (χ4n) is 5.83. The lowest BCUT2D eigenvalue weighted by molar-refractivity contribution is 0.0952. The zero-order valence-corrected chi connectivity index (χ0v) is 25.3. The predicted octanol–water partition coefficient (Wildman–Crippen LogP) is 8.01. The molecule has 2 heterocycles. The largest absolute Gasteiger partial charge is 0.494 e. The molecule has 1 saturated heterocycles. The molecule has 0 atom stereocenters. The molecule has 0 saturated carbocycles. The molecule has 216 valence electrons. The van der Waals surface area contributed by atoms with Crippen molar-refractivity contribution in [3.05, 3.63) is 99.7 Å². The molecule has 3 aromatic carbocycles. The van der Waals surface area contributed by atoms with Gasteiger partial charge in [-0.3, -0.25) is 4.79 Å². The molecule has 0 radical (unpaired) electrons. The van der Waals surface area contributed by atoms with Crippen molar-refractivity contribution in [2.24, 2.45) is 5.92 Å². The Kier molecular flexibility index (Phi) is 10.3. The molecule has 0 bridgehead atoms. The lowest BCUT2D eigenvalue weighted by atomic mass is 9.94. The molecule has 1 aromatic heterocycles. The summed E-state index contributed by atoms with van der Waals surface area (Å²) < 4.78 is 8.20. The number of likely N-dealkylation sites (tertiary alicyclic amines) is 1. The number of amides is 1. The number of aromatic nitrogens is 1. The molecule has 0 spiro atoms. The third-order valence-electron chi connectivity index (χ3n) is 8.16. The minimum atomic E-state index is -0.0774. The van der Waals surface area contributed by atoms with Gasteiger partial charge in [0, 0.05) is 24.7 Å². The van der Waals surface area contributed by atoms with Crippen LogP contribution in [0.25, 0.3) is 10.9 Å². The van der Waals surface area contributed by atoms with Gasteiger partial charge in [-0.25, -0.2) is 0 Å². The molecule has 5 rings (SSSR count). The van der Waals surface area contributed by atoms with E-state index < -0.39 is 0 Å². The number of nitrogens with one attached hydrogen (secondary N) is 1. The molecular formula is C34H39Cl2N3O2. The zero-order chi connectivity index (χ0) is 28.6. The van der Waals surface area contributed by atoms with Gasteiger partial charge in [0.05, 0.1) is 27.7 Å². The van der Waals surface area contributed by atoms with Gasteiger partial charge in [-0.1, -0.05) is 72.6 Å². The predicted molar refractivity (Wildman–Crippen MR) is 169 cm³/mol. The van der Waals surface area contributed by atoms with Crippen LogP contribution in [-0.4, -0.2) is 41.6 Å². The number of halogens is 2. The molecule has 1 fully saturated rings. The van der Waals surface area contributed by atoms with Gasteiger partial charge in [0.1, 0.15) is 5.75 Å². The van der Waals surface area contributed by atoms with Gasteiger partial charge in [-0.05, 0) is 93.0 Å². The Morgan fingerprint density at radius 1 is 0.976 bits per heavy atom. The van der Waals surface area contributed by atoms with E-state index in [1.54, 1.807) is 12.1 Å². The third-order valence-corrected chi connectivity index (χ3v) is 8.90. The van der Waals surface area contributed by atoms with Gasteiger partial charge in [0.2, 0.25) is 0 Å². The zero-order valence-electron chi connectivity index (χ0n) is 23.8. The Hall–Kier alpha value is -2.99. The normalized spacial score (nSPS) is 14.4. The number of benzene rings is 3. The number of ether oxygens (including phenoxy) is 1. The molecule has 1 aliphatic heterocycles.